The zero-order chi connectivity index (χ0) is 12.1. The normalized spacial score (nSPS) is 12.8. The Morgan fingerprint density at radius 1 is 1.62 bits per heavy atom. The summed E-state index contributed by atoms with van der Waals surface area (Å²) >= 11 is 0. The summed E-state index contributed by atoms with van der Waals surface area (Å²) in [5, 5.41) is 0. The van der Waals surface area contributed by atoms with Crippen LogP contribution >= 0.6 is 0 Å². The summed E-state index contributed by atoms with van der Waals surface area (Å²) < 4.78 is 5.46. The number of hydrazine groups is 1. The summed E-state index contributed by atoms with van der Waals surface area (Å²) in [4.78, 5) is 13.2. The van der Waals surface area contributed by atoms with Crippen LogP contribution in [-0.4, -0.2) is 24.4 Å². The van der Waals surface area contributed by atoms with Crippen molar-refractivity contribution in [1.82, 2.24) is 10.3 Å². The highest BCUT2D eigenvalue weighted by Crippen LogP contribution is 2.09. The van der Waals surface area contributed by atoms with Crippen molar-refractivity contribution in [2.75, 3.05) is 13.6 Å². The Morgan fingerprint density at radius 3 is 2.81 bits per heavy atom. The minimum absolute atomic E-state index is 0.133. The number of aryl methyl sites for hydroxylation is 1. The molecule has 1 heterocycles. The largest absolute Gasteiger partial charge is 0.465 e. The molecule has 0 bridgehead atoms. The number of nitrogens with two attached hydrogens (primary N) is 1. The van der Waals surface area contributed by atoms with Gasteiger partial charge in [-0.2, -0.15) is 0 Å². The molecule has 3 N–H and O–H groups in total. The molecule has 1 amide bonds. The van der Waals surface area contributed by atoms with Gasteiger partial charge in [0.25, 0.3) is 0 Å². The van der Waals surface area contributed by atoms with Gasteiger partial charge in [0.05, 0.1) is 6.54 Å². The lowest BCUT2D eigenvalue weighted by Gasteiger charge is -2.18. The summed E-state index contributed by atoms with van der Waals surface area (Å²) in [5.41, 5.74) is 2.15. The van der Waals surface area contributed by atoms with Crippen LogP contribution in [0.3, 0.4) is 0 Å². The first-order valence-corrected chi connectivity index (χ1v) is 5.27. The maximum atomic E-state index is 11.2. The first-order valence-electron chi connectivity index (χ1n) is 5.27. The molecule has 1 rings (SSSR count). The summed E-state index contributed by atoms with van der Waals surface area (Å²) in [5.74, 6) is 6.59. The number of nitrogens with zero attached hydrogens (tertiary/aromatic N) is 1. The van der Waals surface area contributed by atoms with Crippen LogP contribution in [0.4, 0.5) is 0 Å². The smallest absolute Gasteiger partial charge is 0.237 e. The zero-order valence-electron chi connectivity index (χ0n) is 9.99. The van der Waals surface area contributed by atoms with E-state index in [1.165, 1.54) is 0 Å². The summed E-state index contributed by atoms with van der Waals surface area (Å²) in [7, 11) is 1.94. The third kappa shape index (κ3) is 3.67. The molecular weight excluding hydrogens is 206 g/mol. The fourth-order valence-corrected chi connectivity index (χ4v) is 1.59. The lowest BCUT2D eigenvalue weighted by molar-refractivity contribution is -0.125. The van der Waals surface area contributed by atoms with Crippen LogP contribution in [0.1, 0.15) is 18.4 Å². The van der Waals surface area contributed by atoms with Crippen molar-refractivity contribution in [2.24, 2.45) is 11.8 Å². The van der Waals surface area contributed by atoms with Gasteiger partial charge in [-0.15, -0.1) is 0 Å². The second kappa shape index (κ2) is 5.67. The van der Waals surface area contributed by atoms with Gasteiger partial charge in [0.2, 0.25) is 5.91 Å². The fraction of sp³-hybridized carbons (Fsp3) is 0.545. The number of hydrogen-bond donors (Lipinski definition) is 2. The van der Waals surface area contributed by atoms with Crippen molar-refractivity contribution in [3.05, 3.63) is 23.7 Å². The Labute approximate surface area is 95.6 Å². The first-order chi connectivity index (χ1) is 7.52. The van der Waals surface area contributed by atoms with E-state index in [2.05, 4.69) is 5.43 Å². The Bertz CT molecular complexity index is 349. The molecule has 90 valence electrons. The molecular formula is C11H19N3O2. The molecule has 1 unspecified atom stereocenters. The molecule has 5 nitrogen and oxygen atoms in total. The molecule has 0 saturated carbocycles. The first kappa shape index (κ1) is 12.7. The number of rotatable bonds is 5. The van der Waals surface area contributed by atoms with Crippen molar-refractivity contribution in [1.29, 1.82) is 0 Å². The predicted octanol–water partition coefficient (Wildman–Crippen LogP) is 0.646. The maximum absolute atomic E-state index is 11.2. The quantitative estimate of drug-likeness (QED) is 0.438. The highest BCUT2D eigenvalue weighted by molar-refractivity contribution is 5.77. The minimum Gasteiger partial charge on any atom is -0.465 e. The van der Waals surface area contributed by atoms with Gasteiger partial charge in [0.15, 0.2) is 0 Å². The van der Waals surface area contributed by atoms with E-state index in [1.807, 2.05) is 37.9 Å². The van der Waals surface area contributed by atoms with Gasteiger partial charge in [-0.3, -0.25) is 15.1 Å². The Balaban J connectivity index is 2.41. The number of furan rings is 1. The molecule has 0 aliphatic rings. The molecule has 0 aliphatic heterocycles. The molecule has 0 aliphatic carbocycles. The second-order valence-electron chi connectivity index (χ2n) is 4.12. The van der Waals surface area contributed by atoms with Crippen LogP contribution in [-0.2, 0) is 11.3 Å². The standard InChI is InChI=1S/C11H19N3O2/c1-8(11(15)13-12)6-14(3)7-10-5-4-9(2)16-10/h4-5,8H,6-7,12H2,1-3H3,(H,13,15). The highest BCUT2D eigenvalue weighted by atomic mass is 16.3. The summed E-state index contributed by atoms with van der Waals surface area (Å²) in [6, 6.07) is 3.87. The van der Waals surface area contributed by atoms with Crippen molar-refractivity contribution >= 4 is 5.91 Å². The number of carbonyl (C=O) groups excluding carboxylic acids is 1. The zero-order valence-corrected chi connectivity index (χ0v) is 9.99. The van der Waals surface area contributed by atoms with Gasteiger partial charge in [-0.05, 0) is 26.1 Å². The van der Waals surface area contributed by atoms with Crippen LogP contribution < -0.4 is 11.3 Å². The monoisotopic (exact) mass is 225 g/mol. The van der Waals surface area contributed by atoms with Gasteiger partial charge in [-0.1, -0.05) is 6.92 Å². The molecule has 16 heavy (non-hydrogen) atoms. The van der Waals surface area contributed by atoms with Crippen molar-refractivity contribution in [3.63, 3.8) is 0 Å². The molecule has 5 heteroatoms. The van der Waals surface area contributed by atoms with Gasteiger partial charge in [0, 0.05) is 12.5 Å². The van der Waals surface area contributed by atoms with Crippen LogP contribution in [0.15, 0.2) is 16.5 Å². The van der Waals surface area contributed by atoms with Crippen LogP contribution in [0.2, 0.25) is 0 Å². The molecule has 1 aromatic heterocycles. The minimum atomic E-state index is -0.150. The topological polar surface area (TPSA) is 71.5 Å². The number of amides is 1. The van der Waals surface area contributed by atoms with Crippen molar-refractivity contribution < 1.29 is 9.21 Å². The summed E-state index contributed by atoms with van der Waals surface area (Å²) in [6.45, 7) is 5.08. The molecule has 0 fully saturated rings. The van der Waals surface area contributed by atoms with Gasteiger partial charge in [0.1, 0.15) is 11.5 Å². The maximum Gasteiger partial charge on any atom is 0.237 e. The van der Waals surface area contributed by atoms with Gasteiger partial charge >= 0.3 is 0 Å². The average molecular weight is 225 g/mol. The van der Waals surface area contributed by atoms with E-state index in [-0.39, 0.29) is 11.8 Å². The molecule has 0 saturated heterocycles. The summed E-state index contributed by atoms with van der Waals surface area (Å²) in [6.07, 6.45) is 0. The Kier molecular flexibility index (Phi) is 4.52. The van der Waals surface area contributed by atoms with E-state index in [1.54, 1.807) is 0 Å². The molecule has 1 aromatic rings. The number of hydrogen-bond acceptors (Lipinski definition) is 4. The highest BCUT2D eigenvalue weighted by Gasteiger charge is 2.14. The molecule has 0 radical (unpaired) electrons. The van der Waals surface area contributed by atoms with E-state index in [0.717, 1.165) is 11.5 Å². The second-order valence-corrected chi connectivity index (χ2v) is 4.12. The number of nitrogens with one attached hydrogen (secondary N) is 1. The van der Waals surface area contributed by atoms with Gasteiger partial charge < -0.3 is 4.42 Å². The lowest BCUT2D eigenvalue weighted by Crippen LogP contribution is -2.39. The molecule has 0 aromatic carbocycles. The van der Waals surface area contributed by atoms with E-state index in [9.17, 15) is 4.79 Å². The lowest BCUT2D eigenvalue weighted by atomic mass is 10.1. The molecule has 0 spiro atoms. The van der Waals surface area contributed by atoms with Gasteiger partial charge in [-0.25, -0.2) is 5.84 Å². The predicted molar refractivity (Wildman–Crippen MR) is 61.3 cm³/mol. The Hall–Kier alpha value is -1.33. The molecule has 1 atom stereocenters. The van der Waals surface area contributed by atoms with Crippen molar-refractivity contribution in [3.8, 4) is 0 Å². The van der Waals surface area contributed by atoms with Crippen LogP contribution in [0.5, 0.6) is 0 Å². The van der Waals surface area contributed by atoms with E-state index in [0.29, 0.717) is 13.1 Å². The van der Waals surface area contributed by atoms with Crippen LogP contribution in [0, 0.1) is 12.8 Å². The van der Waals surface area contributed by atoms with Crippen molar-refractivity contribution in [2.45, 2.75) is 20.4 Å². The third-order valence-corrected chi connectivity index (χ3v) is 2.40. The van der Waals surface area contributed by atoms with E-state index >= 15 is 0 Å². The average Bonchev–Trinajstić information content (AvgIpc) is 2.62. The SMILES string of the molecule is Cc1ccc(CN(C)CC(C)C(=O)NN)o1. The van der Waals surface area contributed by atoms with Crippen LogP contribution in [0.25, 0.3) is 0 Å². The Morgan fingerprint density at radius 2 is 2.31 bits per heavy atom. The van der Waals surface area contributed by atoms with E-state index in [4.69, 9.17) is 10.3 Å². The number of carbonyl (C=O) groups is 1. The fourth-order valence-electron chi connectivity index (χ4n) is 1.59. The third-order valence-electron chi connectivity index (χ3n) is 2.40. The van der Waals surface area contributed by atoms with E-state index < -0.39 is 0 Å².